The summed E-state index contributed by atoms with van der Waals surface area (Å²) in [6.45, 7) is 5.82. The zero-order valence-electron chi connectivity index (χ0n) is 15.9. The fraction of sp³-hybridized carbons (Fsp3) is 0.300. The first-order valence-electron chi connectivity index (χ1n) is 8.91. The first-order valence-corrected chi connectivity index (χ1v) is 9.79. The number of ether oxygens (including phenoxy) is 1. The third-order valence-electron chi connectivity index (χ3n) is 4.07. The first kappa shape index (κ1) is 19.9. The van der Waals surface area contributed by atoms with Gasteiger partial charge in [-0.05, 0) is 45.0 Å². The molecule has 0 spiro atoms. The highest BCUT2D eigenvalue weighted by molar-refractivity contribution is 7.15. The number of furan rings is 2. The molecular weight excluding hydrogens is 380 g/mol. The lowest BCUT2D eigenvalue weighted by atomic mass is 10.1. The molecule has 0 aliphatic heterocycles. The van der Waals surface area contributed by atoms with Crippen LogP contribution in [0.5, 0.6) is 0 Å². The Hall–Kier alpha value is -2.84. The van der Waals surface area contributed by atoms with Crippen LogP contribution in [0.3, 0.4) is 0 Å². The van der Waals surface area contributed by atoms with Gasteiger partial charge in [-0.25, -0.2) is 4.79 Å². The molecule has 0 aliphatic carbocycles. The monoisotopic (exact) mass is 402 g/mol. The first-order chi connectivity index (χ1) is 13.5. The Labute approximate surface area is 166 Å². The second-order valence-corrected chi connectivity index (χ2v) is 7.03. The van der Waals surface area contributed by atoms with Crippen molar-refractivity contribution in [1.29, 1.82) is 0 Å². The summed E-state index contributed by atoms with van der Waals surface area (Å²) in [5, 5.41) is 8.09. The lowest BCUT2D eigenvalue weighted by Crippen LogP contribution is -2.30. The number of amides is 1. The largest absolute Gasteiger partial charge is 0.465 e. The fourth-order valence-electron chi connectivity index (χ4n) is 2.67. The predicted molar refractivity (Wildman–Crippen MR) is 106 cm³/mol. The van der Waals surface area contributed by atoms with Crippen LogP contribution in [0.1, 0.15) is 41.8 Å². The molecule has 28 heavy (non-hydrogen) atoms. The smallest absolute Gasteiger partial charge is 0.341 e. The zero-order valence-corrected chi connectivity index (χ0v) is 16.7. The van der Waals surface area contributed by atoms with Crippen molar-refractivity contribution in [2.45, 2.75) is 26.8 Å². The molecule has 0 saturated carbocycles. The van der Waals surface area contributed by atoms with Gasteiger partial charge >= 0.3 is 5.97 Å². The molecule has 0 radical (unpaired) electrons. The van der Waals surface area contributed by atoms with Crippen LogP contribution in [-0.2, 0) is 9.53 Å². The summed E-state index contributed by atoms with van der Waals surface area (Å²) in [4.78, 5) is 24.8. The third kappa shape index (κ3) is 4.52. The normalized spacial score (nSPS) is 12.0. The maximum atomic E-state index is 12.4. The van der Waals surface area contributed by atoms with Crippen molar-refractivity contribution < 1.29 is 23.2 Å². The van der Waals surface area contributed by atoms with Gasteiger partial charge in [0.25, 0.3) is 0 Å². The molecule has 148 valence electrons. The molecule has 0 aliphatic rings. The molecule has 2 N–H and O–H groups in total. The van der Waals surface area contributed by atoms with E-state index >= 15 is 0 Å². The van der Waals surface area contributed by atoms with Crippen LogP contribution in [0.15, 0.2) is 44.7 Å². The van der Waals surface area contributed by atoms with E-state index in [1.54, 1.807) is 24.4 Å². The number of nitrogens with one attached hydrogen (secondary N) is 2. The lowest BCUT2D eigenvalue weighted by molar-refractivity contribution is -0.115. The lowest BCUT2D eigenvalue weighted by Gasteiger charge is -2.12. The Morgan fingerprint density at radius 3 is 2.75 bits per heavy atom. The molecule has 0 saturated heterocycles. The summed E-state index contributed by atoms with van der Waals surface area (Å²) in [5.74, 6) is 1.34. The number of rotatable bonds is 8. The van der Waals surface area contributed by atoms with Gasteiger partial charge in [0.05, 0.1) is 25.5 Å². The molecule has 3 heterocycles. The molecule has 3 aromatic rings. The van der Waals surface area contributed by atoms with Crippen LogP contribution in [0.25, 0.3) is 11.3 Å². The molecule has 1 unspecified atom stereocenters. The van der Waals surface area contributed by atoms with E-state index in [4.69, 9.17) is 13.6 Å². The second-order valence-electron chi connectivity index (χ2n) is 6.15. The number of hydrogen-bond donors (Lipinski definition) is 2. The number of thiophene rings is 1. The molecular formula is C20H22N2O5S. The number of carbonyl (C=O) groups is 2. The Bertz CT molecular complexity index is 942. The molecule has 0 fully saturated rings. The Morgan fingerprint density at radius 2 is 2.11 bits per heavy atom. The van der Waals surface area contributed by atoms with Gasteiger partial charge in [0.2, 0.25) is 5.91 Å². The Kier molecular flexibility index (Phi) is 6.33. The number of esters is 1. The van der Waals surface area contributed by atoms with Crippen LogP contribution in [0.4, 0.5) is 5.00 Å². The molecule has 1 amide bonds. The van der Waals surface area contributed by atoms with Crippen molar-refractivity contribution in [1.82, 2.24) is 5.32 Å². The molecule has 3 rings (SSSR count). The van der Waals surface area contributed by atoms with Crippen molar-refractivity contribution in [2.75, 3.05) is 18.5 Å². The second kappa shape index (κ2) is 8.90. The molecule has 7 nitrogen and oxygen atoms in total. The van der Waals surface area contributed by atoms with Crippen LogP contribution in [0, 0.1) is 6.92 Å². The molecule has 3 aromatic heterocycles. The van der Waals surface area contributed by atoms with Crippen LogP contribution in [-0.4, -0.2) is 25.0 Å². The van der Waals surface area contributed by atoms with Gasteiger partial charge in [0, 0.05) is 10.9 Å². The minimum Gasteiger partial charge on any atom is -0.465 e. The topological polar surface area (TPSA) is 93.7 Å². The van der Waals surface area contributed by atoms with E-state index in [1.807, 2.05) is 26.0 Å². The Balaban J connectivity index is 1.70. The van der Waals surface area contributed by atoms with Gasteiger partial charge in [-0.3, -0.25) is 10.1 Å². The van der Waals surface area contributed by atoms with Crippen LogP contribution in [0.2, 0.25) is 0 Å². The Morgan fingerprint density at radius 1 is 1.29 bits per heavy atom. The highest BCUT2D eigenvalue weighted by Gasteiger charge is 2.24. The number of anilines is 1. The van der Waals surface area contributed by atoms with Crippen LogP contribution < -0.4 is 10.6 Å². The van der Waals surface area contributed by atoms with Gasteiger partial charge < -0.3 is 18.9 Å². The van der Waals surface area contributed by atoms with E-state index in [1.165, 1.54) is 17.6 Å². The average Bonchev–Trinajstić information content (AvgIpc) is 3.40. The van der Waals surface area contributed by atoms with Crippen LogP contribution >= 0.6 is 11.3 Å². The van der Waals surface area contributed by atoms with Gasteiger partial charge in [-0.15, -0.1) is 11.3 Å². The summed E-state index contributed by atoms with van der Waals surface area (Å²) < 4.78 is 16.1. The van der Waals surface area contributed by atoms with Crippen molar-refractivity contribution in [3.8, 4) is 11.3 Å². The van der Waals surface area contributed by atoms with Gasteiger partial charge in [0.15, 0.2) is 0 Å². The minimum absolute atomic E-state index is 0.0666. The summed E-state index contributed by atoms with van der Waals surface area (Å²) in [5.41, 5.74) is 0.890. The molecule has 1 atom stereocenters. The maximum absolute atomic E-state index is 12.4. The standard InChI is InChI=1S/C20H22N2O5S/c1-4-25-20(24)18-14(16-6-5-9-26-16)11-28-19(18)22-17(23)10-21-13(3)15-8-7-12(2)27-15/h5-9,11,13,21H,4,10H2,1-3H3,(H,22,23). The quantitative estimate of drug-likeness (QED) is 0.543. The van der Waals surface area contributed by atoms with Crippen molar-refractivity contribution in [3.63, 3.8) is 0 Å². The van der Waals surface area contributed by atoms with Crippen molar-refractivity contribution >= 4 is 28.2 Å². The summed E-state index contributed by atoms with van der Waals surface area (Å²) in [7, 11) is 0. The SMILES string of the molecule is CCOC(=O)c1c(-c2ccco2)csc1NC(=O)CNC(C)c1ccc(C)o1. The number of hydrogen-bond acceptors (Lipinski definition) is 7. The number of aryl methyl sites for hydroxylation is 1. The van der Waals surface area contributed by atoms with E-state index in [-0.39, 0.29) is 25.1 Å². The highest BCUT2D eigenvalue weighted by Crippen LogP contribution is 2.36. The van der Waals surface area contributed by atoms with E-state index < -0.39 is 5.97 Å². The average molecular weight is 402 g/mol. The zero-order chi connectivity index (χ0) is 20.1. The third-order valence-corrected chi connectivity index (χ3v) is 4.96. The minimum atomic E-state index is -0.502. The molecule has 0 aromatic carbocycles. The van der Waals surface area contributed by atoms with Crippen molar-refractivity contribution in [2.24, 2.45) is 0 Å². The summed E-state index contributed by atoms with van der Waals surface area (Å²) in [6.07, 6.45) is 1.53. The van der Waals surface area contributed by atoms with Gasteiger partial charge in [-0.2, -0.15) is 0 Å². The van der Waals surface area contributed by atoms with E-state index in [0.29, 0.717) is 21.9 Å². The fourth-order valence-corrected chi connectivity index (χ4v) is 3.63. The summed E-state index contributed by atoms with van der Waals surface area (Å²) in [6, 6.07) is 7.12. The van der Waals surface area contributed by atoms with Crippen molar-refractivity contribution in [3.05, 3.63) is 53.0 Å². The number of carbonyl (C=O) groups excluding carboxylic acids is 2. The van der Waals surface area contributed by atoms with E-state index in [2.05, 4.69) is 10.6 Å². The predicted octanol–water partition coefficient (Wildman–Crippen LogP) is 4.38. The van der Waals surface area contributed by atoms with E-state index in [9.17, 15) is 9.59 Å². The molecule has 0 bridgehead atoms. The van der Waals surface area contributed by atoms with Gasteiger partial charge in [0.1, 0.15) is 27.8 Å². The summed E-state index contributed by atoms with van der Waals surface area (Å²) >= 11 is 1.25. The highest BCUT2D eigenvalue weighted by atomic mass is 32.1. The molecule has 8 heteroatoms. The maximum Gasteiger partial charge on any atom is 0.341 e. The van der Waals surface area contributed by atoms with Gasteiger partial charge in [-0.1, -0.05) is 0 Å². The van der Waals surface area contributed by atoms with E-state index in [0.717, 1.165) is 11.5 Å².